The van der Waals surface area contributed by atoms with E-state index in [1.807, 2.05) is 6.92 Å². The van der Waals surface area contributed by atoms with Crippen molar-refractivity contribution < 1.29 is 14.4 Å². The molecule has 2 N–H and O–H groups in total. The van der Waals surface area contributed by atoms with Crippen molar-refractivity contribution in [1.29, 1.82) is 0 Å². The van der Waals surface area contributed by atoms with Crippen LogP contribution in [0.3, 0.4) is 0 Å². The van der Waals surface area contributed by atoms with Crippen LogP contribution in [0, 0.1) is 0 Å². The zero-order chi connectivity index (χ0) is 16.5. The first kappa shape index (κ1) is 16.7. The van der Waals surface area contributed by atoms with E-state index in [0.717, 1.165) is 24.4 Å². The second-order valence-corrected chi connectivity index (χ2v) is 6.21. The topological polar surface area (TPSA) is 87.0 Å². The quantitative estimate of drug-likeness (QED) is 0.744. The molecule has 7 nitrogen and oxygen atoms in total. The second-order valence-electron chi connectivity index (χ2n) is 6.21. The van der Waals surface area contributed by atoms with E-state index in [2.05, 4.69) is 18.7 Å². The van der Waals surface area contributed by atoms with Gasteiger partial charge >= 0.3 is 6.03 Å². The Balaban J connectivity index is 2.20. The van der Waals surface area contributed by atoms with Gasteiger partial charge in [-0.1, -0.05) is 6.92 Å². The van der Waals surface area contributed by atoms with E-state index < -0.39 is 11.4 Å². The molecule has 22 heavy (non-hydrogen) atoms. The van der Waals surface area contributed by atoms with Crippen LogP contribution >= 0.6 is 0 Å². The third kappa shape index (κ3) is 2.58. The van der Waals surface area contributed by atoms with Crippen LogP contribution in [-0.2, 0) is 9.59 Å². The van der Waals surface area contributed by atoms with Gasteiger partial charge in [-0.2, -0.15) is 0 Å². The van der Waals surface area contributed by atoms with Crippen LogP contribution in [0.1, 0.15) is 40.0 Å². The Labute approximate surface area is 131 Å². The maximum atomic E-state index is 12.8. The highest BCUT2D eigenvalue weighted by molar-refractivity contribution is 6.09. The van der Waals surface area contributed by atoms with E-state index in [9.17, 15) is 14.4 Å². The van der Waals surface area contributed by atoms with Gasteiger partial charge in [0.25, 0.3) is 5.91 Å². The largest absolute Gasteiger partial charge is 0.368 e. The number of carbonyl (C=O) groups excluding carboxylic acids is 3. The molecule has 0 bridgehead atoms. The molecule has 2 saturated heterocycles. The van der Waals surface area contributed by atoms with E-state index >= 15 is 0 Å². The van der Waals surface area contributed by atoms with Gasteiger partial charge in [-0.15, -0.1) is 0 Å². The summed E-state index contributed by atoms with van der Waals surface area (Å²) < 4.78 is 0. The van der Waals surface area contributed by atoms with E-state index in [1.54, 1.807) is 4.90 Å². The van der Waals surface area contributed by atoms with Crippen LogP contribution in [0.15, 0.2) is 0 Å². The van der Waals surface area contributed by atoms with Crippen LogP contribution in [0.2, 0.25) is 0 Å². The van der Waals surface area contributed by atoms with Crippen molar-refractivity contribution in [3.05, 3.63) is 0 Å². The SMILES string of the molecule is CC[C@@H](C)N1CCC2(CC1)C(=O)N(CC(N)=O)C(=O)N2CC. The predicted octanol–water partition coefficient (Wildman–Crippen LogP) is 0.389. The molecule has 0 aromatic carbocycles. The number of nitrogens with two attached hydrogens (primary N) is 1. The molecule has 0 aromatic rings. The lowest BCUT2D eigenvalue weighted by atomic mass is 9.85. The molecule has 0 saturated carbocycles. The van der Waals surface area contributed by atoms with Gasteiger partial charge in [0.15, 0.2) is 0 Å². The fourth-order valence-corrected chi connectivity index (χ4v) is 3.59. The molecular formula is C15H26N4O3. The summed E-state index contributed by atoms with van der Waals surface area (Å²) >= 11 is 0. The number of urea groups is 1. The molecule has 2 heterocycles. The van der Waals surface area contributed by atoms with Gasteiger partial charge in [-0.3, -0.25) is 14.5 Å². The molecule has 2 rings (SSSR count). The first-order valence-electron chi connectivity index (χ1n) is 8.03. The first-order valence-corrected chi connectivity index (χ1v) is 8.03. The second kappa shape index (κ2) is 6.24. The molecule has 2 aliphatic rings. The third-order valence-electron chi connectivity index (χ3n) is 5.09. The summed E-state index contributed by atoms with van der Waals surface area (Å²) in [5.74, 6) is -0.922. The van der Waals surface area contributed by atoms with Gasteiger partial charge in [0, 0.05) is 25.7 Å². The number of hydrogen-bond donors (Lipinski definition) is 1. The average molecular weight is 310 g/mol. The van der Waals surface area contributed by atoms with Crippen molar-refractivity contribution in [2.45, 2.75) is 51.6 Å². The Morgan fingerprint density at radius 2 is 1.86 bits per heavy atom. The lowest BCUT2D eigenvalue weighted by Gasteiger charge is -2.43. The lowest BCUT2D eigenvalue weighted by Crippen LogP contribution is -2.57. The van der Waals surface area contributed by atoms with Crippen LogP contribution in [0.5, 0.6) is 0 Å². The highest BCUT2D eigenvalue weighted by Crippen LogP contribution is 2.37. The number of imide groups is 1. The van der Waals surface area contributed by atoms with Crippen molar-refractivity contribution in [3.8, 4) is 0 Å². The lowest BCUT2D eigenvalue weighted by molar-refractivity contribution is -0.138. The van der Waals surface area contributed by atoms with Gasteiger partial charge in [-0.25, -0.2) is 4.79 Å². The summed E-state index contributed by atoms with van der Waals surface area (Å²) in [6, 6.07) is 0.0876. The number of likely N-dealkylation sites (N-methyl/N-ethyl adjacent to an activating group) is 1. The summed E-state index contributed by atoms with van der Waals surface area (Å²) in [5, 5.41) is 0. The number of amides is 4. The summed E-state index contributed by atoms with van der Waals surface area (Å²) in [5.41, 5.74) is 4.38. The van der Waals surface area contributed by atoms with Crippen LogP contribution in [0.25, 0.3) is 0 Å². The van der Waals surface area contributed by atoms with E-state index in [1.165, 1.54) is 0 Å². The van der Waals surface area contributed by atoms with Crippen molar-refractivity contribution in [1.82, 2.24) is 14.7 Å². The molecule has 7 heteroatoms. The number of rotatable bonds is 5. The molecule has 4 amide bonds. The van der Waals surface area contributed by atoms with Crippen LogP contribution in [-0.4, -0.2) is 70.3 Å². The minimum atomic E-state index is -0.786. The number of primary amides is 1. The van der Waals surface area contributed by atoms with Gasteiger partial charge in [0.2, 0.25) is 5.91 Å². The van der Waals surface area contributed by atoms with Crippen molar-refractivity contribution in [2.24, 2.45) is 5.73 Å². The Bertz CT molecular complexity index is 471. The number of carbonyl (C=O) groups is 3. The molecule has 124 valence electrons. The van der Waals surface area contributed by atoms with Crippen LogP contribution in [0.4, 0.5) is 4.79 Å². The molecule has 1 spiro atoms. The molecule has 0 radical (unpaired) electrons. The molecule has 0 aliphatic carbocycles. The Morgan fingerprint density at radius 1 is 1.27 bits per heavy atom. The number of piperidine rings is 1. The molecule has 1 atom stereocenters. The summed E-state index contributed by atoms with van der Waals surface area (Å²) in [6.45, 7) is 7.89. The molecule has 2 fully saturated rings. The van der Waals surface area contributed by atoms with Gasteiger partial charge in [0.1, 0.15) is 12.1 Å². The molecule has 0 unspecified atom stereocenters. The van der Waals surface area contributed by atoms with Crippen molar-refractivity contribution in [2.75, 3.05) is 26.2 Å². The number of hydrogen-bond acceptors (Lipinski definition) is 4. The summed E-state index contributed by atoms with van der Waals surface area (Å²) in [4.78, 5) is 41.4. The number of nitrogens with zero attached hydrogens (tertiary/aromatic N) is 3. The maximum absolute atomic E-state index is 12.8. The Kier molecular flexibility index (Phi) is 4.75. The van der Waals surface area contributed by atoms with Crippen molar-refractivity contribution >= 4 is 17.8 Å². The van der Waals surface area contributed by atoms with Gasteiger partial charge in [-0.05, 0) is 33.1 Å². The normalized spacial score (nSPS) is 23.4. The summed E-state index contributed by atoms with van der Waals surface area (Å²) in [7, 11) is 0. The van der Waals surface area contributed by atoms with Crippen LogP contribution < -0.4 is 5.73 Å². The molecule has 2 aliphatic heterocycles. The van der Waals surface area contributed by atoms with Gasteiger partial charge in [0.05, 0.1) is 0 Å². The average Bonchev–Trinajstić information content (AvgIpc) is 2.68. The highest BCUT2D eigenvalue weighted by atomic mass is 16.2. The fourth-order valence-electron chi connectivity index (χ4n) is 3.59. The maximum Gasteiger partial charge on any atom is 0.328 e. The van der Waals surface area contributed by atoms with E-state index in [0.29, 0.717) is 25.4 Å². The standard InChI is InChI=1S/C15H26N4O3/c1-4-11(3)17-8-6-15(7-9-17)13(21)18(10-12(16)20)14(22)19(15)5-2/h11H,4-10H2,1-3H3,(H2,16,20)/t11-/m1/s1. The fraction of sp³-hybridized carbons (Fsp3) is 0.800. The smallest absolute Gasteiger partial charge is 0.328 e. The Hall–Kier alpha value is -1.63. The third-order valence-corrected chi connectivity index (χ3v) is 5.09. The first-order chi connectivity index (χ1) is 10.4. The van der Waals surface area contributed by atoms with E-state index in [-0.39, 0.29) is 18.5 Å². The zero-order valence-electron chi connectivity index (χ0n) is 13.7. The monoisotopic (exact) mass is 310 g/mol. The van der Waals surface area contributed by atoms with Crippen molar-refractivity contribution in [3.63, 3.8) is 0 Å². The molecule has 0 aromatic heterocycles. The minimum Gasteiger partial charge on any atom is -0.368 e. The van der Waals surface area contributed by atoms with Gasteiger partial charge < -0.3 is 15.5 Å². The zero-order valence-corrected chi connectivity index (χ0v) is 13.7. The molecular weight excluding hydrogens is 284 g/mol. The van der Waals surface area contributed by atoms with E-state index in [4.69, 9.17) is 5.73 Å². The number of likely N-dealkylation sites (tertiary alicyclic amines) is 1. The Morgan fingerprint density at radius 3 is 2.32 bits per heavy atom. The minimum absolute atomic E-state index is 0.262. The highest BCUT2D eigenvalue weighted by Gasteiger charge is 2.57. The summed E-state index contributed by atoms with van der Waals surface area (Å²) in [6.07, 6.45) is 2.29. The predicted molar refractivity (Wildman–Crippen MR) is 82.0 cm³/mol.